The predicted molar refractivity (Wildman–Crippen MR) is 146 cm³/mol. The quantitative estimate of drug-likeness (QED) is 0.420. The Bertz CT molecular complexity index is 958. The van der Waals surface area contributed by atoms with Crippen LogP contribution < -0.4 is 0 Å². The second-order valence-corrected chi connectivity index (χ2v) is 11.1. The van der Waals surface area contributed by atoms with Gasteiger partial charge in [-0.1, -0.05) is 59.6 Å². The SMILES string of the molecule is CN(CC(CCN1CCC(O)(c2ccccc2)CC1)c1ccc(Cl)c(Cl)c1)C(=O)OC(C)(C)C.Cl. The Morgan fingerprint density at radius 3 is 2.31 bits per heavy atom. The number of likely N-dealkylation sites (tertiary alicyclic amines) is 1. The van der Waals surface area contributed by atoms with Gasteiger partial charge in [0.1, 0.15) is 5.60 Å². The van der Waals surface area contributed by atoms with E-state index in [1.165, 1.54) is 0 Å². The van der Waals surface area contributed by atoms with Gasteiger partial charge in [0.2, 0.25) is 0 Å². The summed E-state index contributed by atoms with van der Waals surface area (Å²) in [5, 5.41) is 12.2. The van der Waals surface area contributed by atoms with Crippen LogP contribution in [0.25, 0.3) is 0 Å². The standard InChI is InChI=1S/C27H36Cl2N2O3.ClH/c1-26(2,3)34-25(32)30(4)19-21(20-10-11-23(28)24(29)18-20)12-15-31-16-13-27(33,14-17-31)22-8-6-5-7-9-22;/h5-11,18,21,33H,12-17,19H2,1-4H3;1H. The largest absolute Gasteiger partial charge is 0.444 e. The van der Waals surface area contributed by atoms with Gasteiger partial charge in [-0.25, -0.2) is 4.79 Å². The molecule has 0 aromatic heterocycles. The van der Waals surface area contributed by atoms with Crippen molar-refractivity contribution in [3.63, 3.8) is 0 Å². The minimum absolute atomic E-state index is 0. The van der Waals surface area contributed by atoms with Crippen LogP contribution in [0.1, 0.15) is 57.1 Å². The maximum atomic E-state index is 12.6. The molecule has 2 aromatic rings. The lowest BCUT2D eigenvalue weighted by Gasteiger charge is -2.39. The molecule has 1 saturated heterocycles. The number of ether oxygens (including phenoxy) is 1. The number of hydrogen-bond donors (Lipinski definition) is 1. The minimum Gasteiger partial charge on any atom is -0.444 e. The molecule has 35 heavy (non-hydrogen) atoms. The number of carbonyl (C=O) groups is 1. The van der Waals surface area contributed by atoms with Gasteiger partial charge in [-0.05, 0) is 69.8 Å². The monoisotopic (exact) mass is 542 g/mol. The van der Waals surface area contributed by atoms with Gasteiger partial charge in [0.05, 0.1) is 15.6 Å². The van der Waals surface area contributed by atoms with Crippen molar-refractivity contribution in [2.24, 2.45) is 0 Å². The van der Waals surface area contributed by atoms with Crippen molar-refractivity contribution in [2.75, 3.05) is 33.2 Å². The fourth-order valence-electron chi connectivity index (χ4n) is 4.40. The van der Waals surface area contributed by atoms with Crippen LogP contribution in [-0.2, 0) is 10.3 Å². The number of carbonyl (C=O) groups excluding carboxylic acids is 1. The van der Waals surface area contributed by atoms with Gasteiger partial charge in [-0.2, -0.15) is 0 Å². The molecule has 5 nitrogen and oxygen atoms in total. The van der Waals surface area contributed by atoms with Crippen molar-refractivity contribution >= 4 is 41.7 Å². The summed E-state index contributed by atoms with van der Waals surface area (Å²) in [6, 6.07) is 15.6. The summed E-state index contributed by atoms with van der Waals surface area (Å²) in [6.07, 6.45) is 1.90. The molecule has 1 atom stereocenters. The predicted octanol–water partition coefficient (Wildman–Crippen LogP) is 6.74. The number of hydrogen-bond acceptors (Lipinski definition) is 4. The van der Waals surface area contributed by atoms with E-state index in [2.05, 4.69) is 4.90 Å². The zero-order valence-corrected chi connectivity index (χ0v) is 23.3. The van der Waals surface area contributed by atoms with Gasteiger partial charge >= 0.3 is 6.09 Å². The summed E-state index contributed by atoms with van der Waals surface area (Å²) in [6.45, 7) is 8.60. The van der Waals surface area contributed by atoms with Crippen LogP contribution in [0.5, 0.6) is 0 Å². The minimum atomic E-state index is -0.766. The molecule has 3 rings (SSSR count). The second kappa shape index (κ2) is 12.6. The summed E-state index contributed by atoms with van der Waals surface area (Å²) >= 11 is 12.4. The summed E-state index contributed by atoms with van der Waals surface area (Å²) in [4.78, 5) is 16.6. The average Bonchev–Trinajstić information content (AvgIpc) is 2.79. The zero-order valence-electron chi connectivity index (χ0n) is 21.0. The molecule has 1 fully saturated rings. The zero-order chi connectivity index (χ0) is 24.9. The van der Waals surface area contributed by atoms with E-state index >= 15 is 0 Å². The number of rotatable bonds is 7. The van der Waals surface area contributed by atoms with Crippen LogP contribution in [-0.4, -0.2) is 59.8 Å². The maximum absolute atomic E-state index is 12.6. The van der Waals surface area contributed by atoms with E-state index in [-0.39, 0.29) is 24.4 Å². The van der Waals surface area contributed by atoms with E-state index < -0.39 is 11.2 Å². The molecule has 0 saturated carbocycles. The summed E-state index contributed by atoms with van der Waals surface area (Å²) < 4.78 is 5.54. The molecule has 1 unspecified atom stereocenters. The first-order valence-electron chi connectivity index (χ1n) is 11.9. The first-order chi connectivity index (χ1) is 16.0. The fourth-order valence-corrected chi connectivity index (χ4v) is 4.70. The molecule has 1 heterocycles. The van der Waals surface area contributed by atoms with Crippen molar-refractivity contribution in [3.8, 4) is 0 Å². The number of likely N-dealkylation sites (N-methyl/N-ethyl adjacent to an activating group) is 1. The lowest BCUT2D eigenvalue weighted by Crippen LogP contribution is -2.43. The van der Waals surface area contributed by atoms with Crippen LogP contribution in [0.3, 0.4) is 0 Å². The molecule has 0 aliphatic carbocycles. The Morgan fingerprint density at radius 1 is 1.11 bits per heavy atom. The van der Waals surface area contributed by atoms with E-state index in [0.717, 1.165) is 37.2 Å². The highest BCUT2D eigenvalue weighted by molar-refractivity contribution is 6.42. The third-order valence-corrected chi connectivity index (χ3v) is 7.14. The number of nitrogens with zero attached hydrogens (tertiary/aromatic N) is 2. The van der Waals surface area contributed by atoms with Gasteiger partial charge in [-0.15, -0.1) is 12.4 Å². The van der Waals surface area contributed by atoms with E-state index in [1.54, 1.807) is 18.0 Å². The molecule has 2 aromatic carbocycles. The number of piperidine rings is 1. The van der Waals surface area contributed by atoms with Crippen LogP contribution in [0.15, 0.2) is 48.5 Å². The molecule has 194 valence electrons. The lowest BCUT2D eigenvalue weighted by atomic mass is 9.84. The van der Waals surface area contributed by atoms with Gasteiger partial charge < -0.3 is 19.6 Å². The maximum Gasteiger partial charge on any atom is 0.410 e. The molecular weight excluding hydrogens is 507 g/mol. The molecule has 1 amide bonds. The highest BCUT2D eigenvalue weighted by Crippen LogP contribution is 2.34. The van der Waals surface area contributed by atoms with Crippen molar-refractivity contribution in [3.05, 3.63) is 69.7 Å². The Labute approximate surface area is 225 Å². The third-order valence-electron chi connectivity index (χ3n) is 6.40. The van der Waals surface area contributed by atoms with E-state index in [4.69, 9.17) is 27.9 Å². The van der Waals surface area contributed by atoms with Crippen LogP contribution in [0, 0.1) is 0 Å². The smallest absolute Gasteiger partial charge is 0.410 e. The van der Waals surface area contributed by atoms with E-state index in [0.29, 0.717) is 29.4 Å². The number of aliphatic hydroxyl groups is 1. The van der Waals surface area contributed by atoms with Gasteiger partial charge in [0, 0.05) is 32.6 Å². The Morgan fingerprint density at radius 2 is 1.74 bits per heavy atom. The summed E-state index contributed by atoms with van der Waals surface area (Å²) in [5.41, 5.74) is 0.718. The average molecular weight is 544 g/mol. The van der Waals surface area contributed by atoms with Gasteiger partial charge in [0.25, 0.3) is 0 Å². The van der Waals surface area contributed by atoms with Crippen molar-refractivity contribution in [2.45, 2.75) is 57.2 Å². The Kier molecular flexibility index (Phi) is 10.7. The molecule has 0 spiro atoms. The molecule has 1 aliphatic heterocycles. The summed E-state index contributed by atoms with van der Waals surface area (Å²) in [5.74, 6) is 0.0715. The number of amides is 1. The molecular formula is C27H37Cl3N2O3. The Balaban J connectivity index is 0.00000432. The van der Waals surface area contributed by atoms with Crippen molar-refractivity contribution in [1.82, 2.24) is 9.80 Å². The highest BCUT2D eigenvalue weighted by atomic mass is 35.5. The third kappa shape index (κ3) is 8.54. The second-order valence-electron chi connectivity index (χ2n) is 10.3. The van der Waals surface area contributed by atoms with E-state index in [9.17, 15) is 9.90 Å². The highest BCUT2D eigenvalue weighted by Gasteiger charge is 2.34. The van der Waals surface area contributed by atoms with Crippen LogP contribution >= 0.6 is 35.6 Å². The molecule has 1 aliphatic rings. The molecule has 0 bridgehead atoms. The van der Waals surface area contributed by atoms with Crippen LogP contribution in [0.4, 0.5) is 4.79 Å². The van der Waals surface area contributed by atoms with Crippen LogP contribution in [0.2, 0.25) is 10.0 Å². The Hall–Kier alpha value is -1.50. The fraction of sp³-hybridized carbons (Fsp3) is 0.519. The first-order valence-corrected chi connectivity index (χ1v) is 12.6. The first kappa shape index (κ1) is 29.7. The van der Waals surface area contributed by atoms with Crippen molar-refractivity contribution in [1.29, 1.82) is 0 Å². The van der Waals surface area contributed by atoms with E-state index in [1.807, 2.05) is 63.2 Å². The molecule has 8 heteroatoms. The summed E-state index contributed by atoms with van der Waals surface area (Å²) in [7, 11) is 1.76. The topological polar surface area (TPSA) is 53.0 Å². The normalized spacial score (nSPS) is 16.8. The van der Waals surface area contributed by atoms with Gasteiger partial charge in [0.15, 0.2) is 0 Å². The van der Waals surface area contributed by atoms with Gasteiger partial charge in [-0.3, -0.25) is 0 Å². The number of halogens is 3. The molecule has 0 radical (unpaired) electrons. The lowest BCUT2D eigenvalue weighted by molar-refractivity contribution is -0.0265. The van der Waals surface area contributed by atoms with Crippen molar-refractivity contribution < 1.29 is 14.6 Å². The molecule has 1 N–H and O–H groups in total. The number of benzene rings is 2.